The van der Waals surface area contributed by atoms with E-state index in [1.165, 1.54) is 25.3 Å². The highest BCUT2D eigenvalue weighted by atomic mass is 19.4. The average Bonchev–Trinajstić information content (AvgIpc) is 2.26. The third kappa shape index (κ3) is 1.67. The third-order valence-corrected chi connectivity index (χ3v) is 1.97. The molecule has 0 radical (unpaired) electrons. The number of aldehydes is 1. The Kier molecular flexibility index (Phi) is 2.34. The number of hydrogen-bond donors (Lipinski definition) is 0. The SMILES string of the molecule is CN1C=C(C=O)C(C(F)(F)F)N1C. The fraction of sp³-hybridized carbons (Fsp3) is 0.571. The minimum atomic E-state index is -4.41. The summed E-state index contributed by atoms with van der Waals surface area (Å²) >= 11 is 0. The number of carbonyl (C=O) groups excluding carboxylic acids is 1. The van der Waals surface area contributed by atoms with Crippen LogP contribution in [0.5, 0.6) is 0 Å². The molecule has 6 heteroatoms. The molecule has 74 valence electrons. The molecule has 0 aromatic carbocycles. The van der Waals surface area contributed by atoms with E-state index in [-0.39, 0.29) is 11.9 Å². The Hall–Kier alpha value is -1.04. The molecule has 0 aromatic heterocycles. The Bertz CT molecular complexity index is 249. The Morgan fingerprint density at radius 1 is 1.46 bits per heavy atom. The van der Waals surface area contributed by atoms with E-state index in [9.17, 15) is 18.0 Å². The molecule has 0 bridgehead atoms. The van der Waals surface area contributed by atoms with Gasteiger partial charge in [-0.2, -0.15) is 13.2 Å². The van der Waals surface area contributed by atoms with Crippen molar-refractivity contribution >= 4 is 6.29 Å². The van der Waals surface area contributed by atoms with Gasteiger partial charge < -0.3 is 5.01 Å². The molecule has 0 aromatic rings. The maximum absolute atomic E-state index is 12.4. The smallest absolute Gasteiger partial charge is 0.315 e. The zero-order chi connectivity index (χ0) is 10.2. The van der Waals surface area contributed by atoms with E-state index in [1.54, 1.807) is 0 Å². The Balaban J connectivity index is 2.96. The number of halogens is 3. The van der Waals surface area contributed by atoms with Crippen LogP contribution in [0.4, 0.5) is 13.2 Å². The number of rotatable bonds is 1. The topological polar surface area (TPSA) is 23.6 Å². The number of carbonyl (C=O) groups is 1. The lowest BCUT2D eigenvalue weighted by molar-refractivity contribution is -0.186. The second-order valence-corrected chi connectivity index (χ2v) is 2.84. The van der Waals surface area contributed by atoms with Gasteiger partial charge in [0.15, 0.2) is 6.04 Å². The van der Waals surface area contributed by atoms with Gasteiger partial charge in [-0.3, -0.25) is 4.79 Å². The van der Waals surface area contributed by atoms with Gasteiger partial charge >= 0.3 is 6.18 Å². The molecule has 0 fully saturated rings. The van der Waals surface area contributed by atoms with Crippen molar-refractivity contribution in [2.75, 3.05) is 14.1 Å². The van der Waals surface area contributed by atoms with Crippen molar-refractivity contribution in [3.8, 4) is 0 Å². The summed E-state index contributed by atoms with van der Waals surface area (Å²) in [6, 6.07) is -1.81. The molecule has 1 heterocycles. The highest BCUT2D eigenvalue weighted by molar-refractivity contribution is 5.75. The van der Waals surface area contributed by atoms with Gasteiger partial charge in [0.05, 0.1) is 0 Å². The van der Waals surface area contributed by atoms with Gasteiger partial charge in [0.1, 0.15) is 6.29 Å². The number of hydrogen-bond acceptors (Lipinski definition) is 3. The first-order valence-corrected chi connectivity index (χ1v) is 3.57. The molecule has 0 saturated heterocycles. The van der Waals surface area contributed by atoms with Crippen LogP contribution in [0.15, 0.2) is 11.8 Å². The van der Waals surface area contributed by atoms with Gasteiger partial charge in [0, 0.05) is 25.9 Å². The summed E-state index contributed by atoms with van der Waals surface area (Å²) in [6.07, 6.45) is -3.00. The van der Waals surface area contributed by atoms with Gasteiger partial charge in [-0.1, -0.05) is 0 Å². The van der Waals surface area contributed by atoms with E-state index in [4.69, 9.17) is 0 Å². The summed E-state index contributed by atoms with van der Waals surface area (Å²) in [5.41, 5.74) is -0.266. The van der Waals surface area contributed by atoms with Gasteiger partial charge in [-0.05, 0) is 0 Å². The molecule has 0 N–H and O–H groups in total. The minimum Gasteiger partial charge on any atom is -0.315 e. The quantitative estimate of drug-likeness (QED) is 0.576. The van der Waals surface area contributed by atoms with E-state index in [1.807, 2.05) is 0 Å². The summed E-state index contributed by atoms with van der Waals surface area (Å²) in [7, 11) is 2.74. The molecule has 3 nitrogen and oxygen atoms in total. The predicted molar refractivity (Wildman–Crippen MR) is 39.5 cm³/mol. The maximum Gasteiger partial charge on any atom is 0.410 e. The van der Waals surface area contributed by atoms with Crippen LogP contribution in [0.1, 0.15) is 0 Å². The predicted octanol–water partition coefficient (Wildman–Crippen LogP) is 0.792. The fourth-order valence-electron chi connectivity index (χ4n) is 1.27. The molecule has 1 unspecified atom stereocenters. The van der Waals surface area contributed by atoms with Crippen molar-refractivity contribution in [2.45, 2.75) is 12.2 Å². The minimum absolute atomic E-state index is 0.234. The monoisotopic (exact) mass is 194 g/mol. The van der Waals surface area contributed by atoms with Crippen LogP contribution in [0.25, 0.3) is 0 Å². The first kappa shape index (κ1) is 10.0. The standard InChI is InChI=1S/C7H9F3N2O/c1-11-3-5(4-13)6(12(11)2)7(8,9)10/h3-4,6H,1-2H3. The number of alkyl halides is 3. The molecule has 0 aliphatic carbocycles. The lowest BCUT2D eigenvalue weighted by Gasteiger charge is -2.28. The van der Waals surface area contributed by atoms with E-state index < -0.39 is 12.2 Å². The first-order valence-electron chi connectivity index (χ1n) is 3.57. The van der Waals surface area contributed by atoms with Crippen LogP contribution in [0.3, 0.4) is 0 Å². The van der Waals surface area contributed by atoms with Crippen LogP contribution in [-0.4, -0.2) is 42.6 Å². The number of hydrazine groups is 1. The maximum atomic E-state index is 12.4. The molecule has 1 aliphatic heterocycles. The van der Waals surface area contributed by atoms with Crippen molar-refractivity contribution in [3.05, 3.63) is 11.8 Å². The fourth-order valence-corrected chi connectivity index (χ4v) is 1.27. The van der Waals surface area contributed by atoms with E-state index in [2.05, 4.69) is 0 Å². The lowest BCUT2D eigenvalue weighted by Crippen LogP contribution is -2.45. The summed E-state index contributed by atoms with van der Waals surface area (Å²) in [5.74, 6) is 0. The van der Waals surface area contributed by atoms with Crippen molar-refractivity contribution in [1.29, 1.82) is 0 Å². The van der Waals surface area contributed by atoms with Crippen LogP contribution < -0.4 is 0 Å². The van der Waals surface area contributed by atoms with Gasteiger partial charge in [-0.25, -0.2) is 5.01 Å². The van der Waals surface area contributed by atoms with Crippen molar-refractivity contribution in [1.82, 2.24) is 10.0 Å². The van der Waals surface area contributed by atoms with E-state index in [0.717, 1.165) is 5.01 Å². The number of nitrogens with zero attached hydrogens (tertiary/aromatic N) is 2. The van der Waals surface area contributed by atoms with Crippen molar-refractivity contribution in [3.63, 3.8) is 0 Å². The molecule has 1 atom stereocenters. The molecule has 1 rings (SSSR count). The molecule has 13 heavy (non-hydrogen) atoms. The van der Waals surface area contributed by atoms with Gasteiger partial charge in [-0.15, -0.1) is 0 Å². The molecular formula is C7H9F3N2O. The molecule has 0 saturated carbocycles. The first-order chi connectivity index (χ1) is 5.88. The Morgan fingerprint density at radius 3 is 2.31 bits per heavy atom. The summed E-state index contributed by atoms with van der Waals surface area (Å²) < 4.78 is 37.1. The Labute approximate surface area is 73.4 Å². The normalized spacial score (nSPS) is 24.8. The Morgan fingerprint density at radius 2 is 2.00 bits per heavy atom. The van der Waals surface area contributed by atoms with Crippen LogP contribution in [0.2, 0.25) is 0 Å². The van der Waals surface area contributed by atoms with Crippen LogP contribution in [-0.2, 0) is 4.79 Å². The highest BCUT2D eigenvalue weighted by Crippen LogP contribution is 2.32. The summed E-state index contributed by atoms with van der Waals surface area (Å²) in [6.45, 7) is 0. The molecule has 0 amide bonds. The van der Waals surface area contributed by atoms with Gasteiger partial charge in [0.2, 0.25) is 0 Å². The molecular weight excluding hydrogens is 185 g/mol. The zero-order valence-electron chi connectivity index (χ0n) is 7.17. The summed E-state index contributed by atoms with van der Waals surface area (Å²) in [5, 5.41) is 2.20. The summed E-state index contributed by atoms with van der Waals surface area (Å²) in [4.78, 5) is 10.3. The second kappa shape index (κ2) is 3.02. The zero-order valence-corrected chi connectivity index (χ0v) is 7.17. The number of likely N-dealkylation sites (N-methyl/N-ethyl adjacent to an activating group) is 1. The van der Waals surface area contributed by atoms with Crippen molar-refractivity contribution in [2.24, 2.45) is 0 Å². The van der Waals surface area contributed by atoms with Crippen LogP contribution in [0, 0.1) is 0 Å². The highest BCUT2D eigenvalue weighted by Gasteiger charge is 2.48. The second-order valence-electron chi connectivity index (χ2n) is 2.84. The van der Waals surface area contributed by atoms with E-state index in [0.29, 0.717) is 0 Å². The van der Waals surface area contributed by atoms with E-state index >= 15 is 0 Å². The molecule has 0 spiro atoms. The van der Waals surface area contributed by atoms with Crippen molar-refractivity contribution < 1.29 is 18.0 Å². The average molecular weight is 194 g/mol. The lowest BCUT2D eigenvalue weighted by atomic mass is 10.1. The largest absolute Gasteiger partial charge is 0.410 e. The van der Waals surface area contributed by atoms with Crippen LogP contribution >= 0.6 is 0 Å². The van der Waals surface area contributed by atoms with Gasteiger partial charge in [0.25, 0.3) is 0 Å². The third-order valence-electron chi connectivity index (χ3n) is 1.97. The molecule has 1 aliphatic rings.